The predicted octanol–water partition coefficient (Wildman–Crippen LogP) is 17.1. The van der Waals surface area contributed by atoms with E-state index in [9.17, 15) is 4.11 Å². The van der Waals surface area contributed by atoms with Crippen LogP contribution in [0.3, 0.4) is 0 Å². The zero-order chi connectivity index (χ0) is 53.6. The van der Waals surface area contributed by atoms with Crippen LogP contribution in [0.5, 0.6) is 0 Å². The normalized spacial score (nSPS) is 18.1. The third kappa shape index (κ3) is 7.52. The number of hydrogen-bond acceptors (Lipinski definition) is 3. The molecule has 2 aliphatic heterocycles. The molecule has 0 saturated heterocycles. The van der Waals surface area contributed by atoms with Crippen LogP contribution in [0.4, 0.5) is 51.2 Å². The molecule has 3 nitrogen and oxygen atoms in total. The molecule has 0 radical (unpaired) electrons. The van der Waals surface area contributed by atoms with Gasteiger partial charge in [0.05, 0.1) is 5.69 Å². The van der Waals surface area contributed by atoms with Gasteiger partial charge >= 0.3 is 0 Å². The second-order valence-electron chi connectivity index (χ2n) is 25.5. The molecule has 0 atom stereocenters. The van der Waals surface area contributed by atoms with E-state index in [0.717, 1.165) is 92.6 Å². The summed E-state index contributed by atoms with van der Waals surface area (Å²) < 4.78 is 28.1. The maximum absolute atomic E-state index is 9.36. The van der Waals surface area contributed by atoms with E-state index in [2.05, 4.69) is 249 Å². The average Bonchev–Trinajstić information content (AvgIpc) is 3.56. The fourth-order valence-corrected chi connectivity index (χ4v) is 13.7. The Morgan fingerprint density at radius 2 is 1.00 bits per heavy atom. The molecule has 2 aliphatic carbocycles. The van der Waals surface area contributed by atoms with Crippen molar-refractivity contribution < 1.29 is 4.11 Å². The lowest BCUT2D eigenvalue weighted by Crippen LogP contribution is -2.62. The van der Waals surface area contributed by atoms with E-state index in [-0.39, 0.29) is 33.8 Å². The number of fused-ring (bicyclic) bond motifs is 6. The van der Waals surface area contributed by atoms with E-state index in [4.69, 9.17) is 0 Å². The molecule has 12 rings (SSSR count). The first-order chi connectivity index (χ1) is 35.8. The molecule has 0 amide bonds. The molecular formula is C69H72BN3. The Labute approximate surface area is 441 Å². The Kier molecular flexibility index (Phi) is 9.81. The van der Waals surface area contributed by atoms with Gasteiger partial charge in [0, 0.05) is 55.2 Å². The number of aryl methyl sites for hydroxylation is 2. The highest BCUT2D eigenvalue weighted by molar-refractivity contribution is 7.00. The molecule has 73 heavy (non-hydrogen) atoms. The van der Waals surface area contributed by atoms with Gasteiger partial charge in [-0.25, -0.2) is 0 Å². The summed E-state index contributed by atoms with van der Waals surface area (Å²) in [6.45, 7) is 25.7. The van der Waals surface area contributed by atoms with Crippen LogP contribution in [-0.2, 0) is 27.1 Å². The Hall–Kier alpha value is -6.78. The van der Waals surface area contributed by atoms with Gasteiger partial charge in [-0.2, -0.15) is 0 Å². The smallest absolute Gasteiger partial charge is 0.252 e. The molecule has 0 fully saturated rings. The van der Waals surface area contributed by atoms with E-state index < -0.39 is 6.85 Å². The molecule has 8 aromatic rings. The van der Waals surface area contributed by atoms with Gasteiger partial charge in [-0.3, -0.25) is 0 Å². The molecule has 366 valence electrons. The van der Waals surface area contributed by atoms with Crippen LogP contribution in [0.1, 0.15) is 138 Å². The zero-order valence-corrected chi connectivity index (χ0v) is 45.1. The fourth-order valence-electron chi connectivity index (χ4n) is 13.7. The van der Waals surface area contributed by atoms with E-state index in [1.54, 1.807) is 0 Å². The quantitative estimate of drug-likeness (QED) is 0.154. The van der Waals surface area contributed by atoms with Gasteiger partial charge < -0.3 is 14.7 Å². The van der Waals surface area contributed by atoms with Crippen molar-refractivity contribution in [3.8, 4) is 11.1 Å². The van der Waals surface area contributed by atoms with Gasteiger partial charge in [0.2, 0.25) is 0 Å². The molecule has 0 bridgehead atoms. The molecule has 0 unspecified atom stereocenters. The van der Waals surface area contributed by atoms with Gasteiger partial charge in [0.1, 0.15) is 0 Å². The lowest BCUT2D eigenvalue weighted by molar-refractivity contribution is 0.332. The molecule has 0 N–H and O–H groups in total. The molecule has 2 heterocycles. The highest BCUT2D eigenvalue weighted by Gasteiger charge is 2.48. The summed E-state index contributed by atoms with van der Waals surface area (Å²) >= 11 is 0. The van der Waals surface area contributed by atoms with E-state index in [1.165, 1.54) is 38.7 Å². The highest BCUT2D eigenvalue weighted by atomic mass is 15.2. The minimum Gasteiger partial charge on any atom is -0.311 e. The first-order valence-corrected chi connectivity index (χ1v) is 26.7. The number of hydrogen-bond donors (Lipinski definition) is 0. The van der Waals surface area contributed by atoms with Crippen molar-refractivity contribution in [3.63, 3.8) is 0 Å². The molecule has 4 aliphatic rings. The molecule has 0 aromatic heterocycles. The number of nitrogens with zero attached hydrogens (tertiary/aromatic N) is 3. The van der Waals surface area contributed by atoms with Crippen molar-refractivity contribution in [1.29, 1.82) is 0 Å². The Morgan fingerprint density at radius 1 is 0.479 bits per heavy atom. The third-order valence-electron chi connectivity index (χ3n) is 17.4. The van der Waals surface area contributed by atoms with Gasteiger partial charge in [-0.1, -0.05) is 167 Å². The lowest BCUT2D eigenvalue weighted by atomic mass is 9.33. The van der Waals surface area contributed by atoms with E-state index >= 15 is 0 Å². The Balaban J connectivity index is 1.24. The third-order valence-corrected chi connectivity index (χ3v) is 17.4. The van der Waals surface area contributed by atoms with Gasteiger partial charge in [0.15, 0.2) is 0 Å². The topological polar surface area (TPSA) is 9.72 Å². The Bertz CT molecular complexity index is 3580. The van der Waals surface area contributed by atoms with Crippen LogP contribution in [-0.4, -0.2) is 6.71 Å². The van der Waals surface area contributed by atoms with E-state index in [1.807, 2.05) is 12.1 Å². The SMILES string of the molecule is [2H]C([2H])([2H])c1cc2c3c(c1)N(c1ccc(C(C)(C)C)cc1-c1ccccc1)c1cc4c(cc1B3c1ccc(N(c3ccccc3)c3ccccc3)cc1N2c1cc2c(cc1C)C(C)(C)CC2(C)C)C(C)(C)CCC4(C)C. The second-order valence-corrected chi connectivity index (χ2v) is 25.5. The summed E-state index contributed by atoms with van der Waals surface area (Å²) in [4.78, 5) is 7.28. The monoisotopic (exact) mass is 957 g/mol. The average molecular weight is 957 g/mol. The highest BCUT2D eigenvalue weighted by Crippen LogP contribution is 2.55. The predicted molar refractivity (Wildman–Crippen MR) is 315 cm³/mol. The molecule has 8 aromatic carbocycles. The zero-order valence-electron chi connectivity index (χ0n) is 48.1. The van der Waals surface area contributed by atoms with Crippen molar-refractivity contribution in [2.24, 2.45) is 0 Å². The minimum atomic E-state index is -2.42. The summed E-state index contributed by atoms with van der Waals surface area (Å²) in [7, 11) is 0. The summed E-state index contributed by atoms with van der Waals surface area (Å²) in [5.41, 5.74) is 22.9. The number of anilines is 9. The van der Waals surface area contributed by atoms with Crippen molar-refractivity contribution in [1.82, 2.24) is 0 Å². The molecule has 0 spiro atoms. The second kappa shape index (κ2) is 16.4. The standard InChI is InChI=1S/C69H72BN3/c1-44-35-62-64-63(36-44)73(59-41-55-52(37-45(59)2)68(10,11)43-69(55,12)13)60-39-50(71(48-25-19-15-20-26-48)49-27-21-16-22-28-49)30-31-56(60)70(64)57-40-53-54(67(8,9)34-33-66(53,6)7)42-61(57)72(62)58-32-29-47(65(3,4)5)38-51(58)46-23-17-14-18-24-46/h14-32,35-42H,33-34,43H2,1-13H3/i1D3. The molecule has 0 saturated carbocycles. The van der Waals surface area contributed by atoms with Gasteiger partial charge in [-0.05, 0) is 194 Å². The first kappa shape index (κ1) is 43.8. The van der Waals surface area contributed by atoms with Crippen molar-refractivity contribution in [2.45, 2.75) is 136 Å². The number of benzene rings is 8. The van der Waals surface area contributed by atoms with Crippen molar-refractivity contribution in [3.05, 3.63) is 203 Å². The minimum absolute atomic E-state index is 0.00288. The van der Waals surface area contributed by atoms with Gasteiger partial charge in [0.25, 0.3) is 6.71 Å². The summed E-state index contributed by atoms with van der Waals surface area (Å²) in [5, 5.41) is 0. The molecular weight excluding hydrogens is 882 g/mol. The van der Waals surface area contributed by atoms with Crippen LogP contribution in [0.15, 0.2) is 164 Å². The van der Waals surface area contributed by atoms with Crippen LogP contribution in [0.25, 0.3) is 11.1 Å². The Morgan fingerprint density at radius 3 is 1.59 bits per heavy atom. The van der Waals surface area contributed by atoms with Gasteiger partial charge in [-0.15, -0.1) is 0 Å². The van der Waals surface area contributed by atoms with E-state index in [0.29, 0.717) is 5.56 Å². The largest absolute Gasteiger partial charge is 0.311 e. The van der Waals surface area contributed by atoms with Crippen LogP contribution >= 0.6 is 0 Å². The summed E-state index contributed by atoms with van der Waals surface area (Å²) in [5.74, 6) is 0. The maximum Gasteiger partial charge on any atom is 0.252 e. The first-order valence-electron chi connectivity index (χ1n) is 28.2. The fraction of sp³-hybridized carbons (Fsp3) is 0.304. The summed E-state index contributed by atoms with van der Waals surface area (Å²) in [6.07, 6.45) is 3.20. The van der Waals surface area contributed by atoms with Crippen molar-refractivity contribution >= 4 is 74.3 Å². The van der Waals surface area contributed by atoms with Crippen molar-refractivity contribution in [2.75, 3.05) is 14.7 Å². The lowest BCUT2D eigenvalue weighted by Gasteiger charge is -2.48. The number of para-hydroxylation sites is 2. The van der Waals surface area contributed by atoms with Crippen LogP contribution < -0.4 is 31.1 Å². The number of rotatable bonds is 6. The molecule has 4 heteroatoms. The van der Waals surface area contributed by atoms with Crippen LogP contribution in [0.2, 0.25) is 0 Å². The summed E-state index contributed by atoms with van der Waals surface area (Å²) in [6, 6.07) is 60.2. The maximum atomic E-state index is 9.36. The van der Waals surface area contributed by atoms with Crippen LogP contribution in [0, 0.1) is 13.8 Å².